The fourth-order valence-corrected chi connectivity index (χ4v) is 0.460. The Morgan fingerprint density at radius 2 is 2.10 bits per heavy atom. The van der Waals surface area contributed by atoms with Gasteiger partial charge in [0.25, 0.3) is 0 Å². The molecule has 0 spiro atoms. The summed E-state index contributed by atoms with van der Waals surface area (Å²) in [6, 6.07) is 0. The Kier molecular flexibility index (Phi) is 6.11. The first kappa shape index (κ1) is 9.39. The summed E-state index contributed by atoms with van der Waals surface area (Å²) in [6.45, 7) is 1.65. The number of carbonyl (C=O) groups excluding carboxylic acids is 1. The molecule has 0 saturated carbocycles. The van der Waals surface area contributed by atoms with Gasteiger partial charge in [0, 0.05) is 13.0 Å². The summed E-state index contributed by atoms with van der Waals surface area (Å²) < 4.78 is 5.00. The number of hydrogen-bond donors (Lipinski definition) is 2. The molecule has 1 amide bonds. The Bertz CT molecular complexity index is 95.7. The van der Waals surface area contributed by atoms with E-state index < -0.39 is 0 Å². The van der Waals surface area contributed by atoms with Crippen molar-refractivity contribution >= 4 is 5.91 Å². The van der Waals surface area contributed by atoms with E-state index in [9.17, 15) is 4.79 Å². The third-order valence-electron chi connectivity index (χ3n) is 0.986. The van der Waals surface area contributed by atoms with E-state index >= 15 is 0 Å². The Balaban J connectivity index is 2.84. The minimum atomic E-state index is -0.326. The first-order valence-electron chi connectivity index (χ1n) is 3.33. The summed E-state index contributed by atoms with van der Waals surface area (Å²) in [5, 5.41) is 0. The van der Waals surface area contributed by atoms with E-state index in [-0.39, 0.29) is 5.91 Å². The van der Waals surface area contributed by atoms with E-state index in [4.69, 9.17) is 16.2 Å². The van der Waals surface area contributed by atoms with Crippen LogP contribution in [0.25, 0.3) is 0 Å². The van der Waals surface area contributed by atoms with Crippen LogP contribution in [0, 0.1) is 0 Å². The second kappa shape index (κ2) is 6.51. The van der Waals surface area contributed by atoms with Gasteiger partial charge in [-0.25, -0.2) is 0 Å². The lowest BCUT2D eigenvalue weighted by Crippen LogP contribution is -2.14. The predicted molar refractivity (Wildman–Crippen MR) is 38.3 cm³/mol. The largest absolute Gasteiger partial charge is 0.381 e. The van der Waals surface area contributed by atoms with E-state index in [1.807, 2.05) is 0 Å². The summed E-state index contributed by atoms with van der Waals surface area (Å²) >= 11 is 0. The molecule has 0 unspecified atom stereocenters. The summed E-state index contributed by atoms with van der Waals surface area (Å²) in [6.07, 6.45) is 1.13. The van der Waals surface area contributed by atoms with Gasteiger partial charge < -0.3 is 16.2 Å². The molecule has 0 aromatic rings. The molecule has 0 rings (SSSR count). The molecule has 0 aromatic carbocycles. The Labute approximate surface area is 60.5 Å². The fraction of sp³-hybridized carbons (Fsp3) is 0.833. The van der Waals surface area contributed by atoms with Crippen molar-refractivity contribution in [3.8, 4) is 0 Å². The molecule has 0 saturated heterocycles. The number of carbonyl (C=O) groups is 1. The minimum Gasteiger partial charge on any atom is -0.381 e. The monoisotopic (exact) mass is 146 g/mol. The third kappa shape index (κ3) is 7.39. The van der Waals surface area contributed by atoms with E-state index in [1.165, 1.54) is 0 Å². The molecule has 10 heavy (non-hydrogen) atoms. The molecule has 0 aliphatic heterocycles. The number of amides is 1. The van der Waals surface area contributed by atoms with Gasteiger partial charge in [-0.3, -0.25) is 4.79 Å². The van der Waals surface area contributed by atoms with E-state index in [0.717, 1.165) is 6.42 Å². The molecule has 0 atom stereocenters. The maximum Gasteiger partial charge on any atom is 0.219 e. The Hall–Kier alpha value is -0.610. The number of ether oxygens (including phenoxy) is 1. The Morgan fingerprint density at radius 1 is 1.40 bits per heavy atom. The zero-order valence-corrected chi connectivity index (χ0v) is 6.01. The van der Waals surface area contributed by atoms with Gasteiger partial charge in [-0.1, -0.05) is 0 Å². The SMILES string of the molecule is NCCCOCCC(N)=O. The maximum absolute atomic E-state index is 10.1. The molecule has 0 aromatic heterocycles. The predicted octanol–water partition coefficient (Wildman–Crippen LogP) is -0.773. The van der Waals surface area contributed by atoms with Crippen molar-refractivity contribution in [2.45, 2.75) is 12.8 Å². The highest BCUT2D eigenvalue weighted by Crippen LogP contribution is 1.82. The van der Waals surface area contributed by atoms with Gasteiger partial charge >= 0.3 is 0 Å². The maximum atomic E-state index is 10.1. The van der Waals surface area contributed by atoms with Crippen LogP contribution in [0.2, 0.25) is 0 Å². The minimum absolute atomic E-state index is 0.296. The van der Waals surface area contributed by atoms with Crippen molar-refractivity contribution in [1.82, 2.24) is 0 Å². The lowest BCUT2D eigenvalue weighted by Gasteiger charge is -1.99. The first-order chi connectivity index (χ1) is 4.77. The number of primary amides is 1. The van der Waals surface area contributed by atoms with Crippen LogP contribution >= 0.6 is 0 Å². The zero-order chi connectivity index (χ0) is 7.82. The van der Waals surface area contributed by atoms with Crippen LogP contribution < -0.4 is 11.5 Å². The van der Waals surface area contributed by atoms with Crippen LogP contribution in [0.1, 0.15) is 12.8 Å². The summed E-state index contributed by atoms with van der Waals surface area (Å²) in [7, 11) is 0. The molecule has 4 nitrogen and oxygen atoms in total. The summed E-state index contributed by atoms with van der Waals surface area (Å²) in [5.41, 5.74) is 10.1. The van der Waals surface area contributed by atoms with Crippen molar-refractivity contribution in [2.24, 2.45) is 11.5 Å². The second-order valence-corrected chi connectivity index (χ2v) is 1.97. The molecular weight excluding hydrogens is 132 g/mol. The molecule has 4 N–H and O–H groups in total. The van der Waals surface area contributed by atoms with Crippen LogP contribution in [0.4, 0.5) is 0 Å². The number of hydrogen-bond acceptors (Lipinski definition) is 3. The quantitative estimate of drug-likeness (QED) is 0.483. The molecule has 0 heterocycles. The molecule has 0 bridgehead atoms. The summed E-state index contributed by atoms with van der Waals surface area (Å²) in [4.78, 5) is 10.1. The average Bonchev–Trinajstić information content (AvgIpc) is 1.87. The van der Waals surface area contributed by atoms with Gasteiger partial charge in [-0.2, -0.15) is 0 Å². The van der Waals surface area contributed by atoms with Gasteiger partial charge in [0.1, 0.15) is 0 Å². The second-order valence-electron chi connectivity index (χ2n) is 1.97. The van der Waals surface area contributed by atoms with Gasteiger partial charge in [0.2, 0.25) is 5.91 Å². The van der Waals surface area contributed by atoms with Crippen molar-refractivity contribution in [3.63, 3.8) is 0 Å². The molecule has 0 radical (unpaired) electrons. The van der Waals surface area contributed by atoms with Crippen LogP contribution in [0.5, 0.6) is 0 Å². The molecule has 0 aliphatic rings. The lowest BCUT2D eigenvalue weighted by molar-refractivity contribution is -0.119. The van der Waals surface area contributed by atoms with Gasteiger partial charge in [0.15, 0.2) is 0 Å². The van der Waals surface area contributed by atoms with Crippen molar-refractivity contribution in [3.05, 3.63) is 0 Å². The summed E-state index contributed by atoms with van der Waals surface area (Å²) in [5.74, 6) is -0.326. The van der Waals surface area contributed by atoms with Crippen molar-refractivity contribution in [2.75, 3.05) is 19.8 Å². The zero-order valence-electron chi connectivity index (χ0n) is 6.01. The topological polar surface area (TPSA) is 78.3 Å². The molecule has 60 valence electrons. The average molecular weight is 146 g/mol. The van der Waals surface area contributed by atoms with Crippen LogP contribution in [-0.2, 0) is 9.53 Å². The van der Waals surface area contributed by atoms with Gasteiger partial charge in [0.05, 0.1) is 6.61 Å². The standard InChI is InChI=1S/C6H14N2O2/c7-3-1-4-10-5-2-6(8)9/h1-5,7H2,(H2,8,9). The van der Waals surface area contributed by atoms with Gasteiger partial charge in [-0.15, -0.1) is 0 Å². The van der Waals surface area contributed by atoms with E-state index in [0.29, 0.717) is 26.2 Å². The van der Waals surface area contributed by atoms with E-state index in [2.05, 4.69) is 0 Å². The molecule has 0 aliphatic carbocycles. The number of nitrogens with two attached hydrogens (primary N) is 2. The lowest BCUT2D eigenvalue weighted by atomic mass is 10.4. The normalized spacial score (nSPS) is 9.70. The smallest absolute Gasteiger partial charge is 0.219 e. The molecule has 4 heteroatoms. The Morgan fingerprint density at radius 3 is 2.60 bits per heavy atom. The highest BCUT2D eigenvalue weighted by Gasteiger charge is 1.92. The third-order valence-corrected chi connectivity index (χ3v) is 0.986. The van der Waals surface area contributed by atoms with Crippen molar-refractivity contribution in [1.29, 1.82) is 0 Å². The van der Waals surface area contributed by atoms with Crippen LogP contribution in [-0.4, -0.2) is 25.7 Å². The molecular formula is C6H14N2O2. The van der Waals surface area contributed by atoms with Crippen molar-refractivity contribution < 1.29 is 9.53 Å². The van der Waals surface area contributed by atoms with Crippen LogP contribution in [0.3, 0.4) is 0 Å². The highest BCUT2D eigenvalue weighted by molar-refractivity contribution is 5.73. The van der Waals surface area contributed by atoms with E-state index in [1.54, 1.807) is 0 Å². The van der Waals surface area contributed by atoms with Gasteiger partial charge in [-0.05, 0) is 13.0 Å². The number of rotatable bonds is 6. The highest BCUT2D eigenvalue weighted by atomic mass is 16.5. The fourth-order valence-electron chi connectivity index (χ4n) is 0.460. The molecule has 0 fully saturated rings. The first-order valence-corrected chi connectivity index (χ1v) is 3.33. The van der Waals surface area contributed by atoms with Crippen LogP contribution in [0.15, 0.2) is 0 Å².